The average molecular weight is 372 g/mol. The Morgan fingerprint density at radius 3 is 2.16 bits per heavy atom. The maximum atomic E-state index is 12.4. The third kappa shape index (κ3) is 6.77. The van der Waals surface area contributed by atoms with Gasteiger partial charge in [0, 0.05) is 0 Å². The molecular weight excluding hydrogens is 348 g/mol. The third-order valence-corrected chi connectivity index (χ3v) is 3.07. The van der Waals surface area contributed by atoms with Crippen molar-refractivity contribution in [2.75, 3.05) is 26.1 Å². The first kappa shape index (κ1) is 21.0. The molecule has 140 valence electrons. The van der Waals surface area contributed by atoms with Crippen LogP contribution >= 0.6 is 11.8 Å². The van der Waals surface area contributed by atoms with Crippen molar-refractivity contribution in [3.05, 3.63) is 5.56 Å². The summed E-state index contributed by atoms with van der Waals surface area (Å²) in [7, 11) is 0. The lowest BCUT2D eigenvalue weighted by atomic mass is 10.2. The molecule has 0 aliphatic carbocycles. The molecule has 0 fully saturated rings. The van der Waals surface area contributed by atoms with Gasteiger partial charge in [-0.2, -0.15) is 9.97 Å². The van der Waals surface area contributed by atoms with Crippen molar-refractivity contribution in [1.29, 1.82) is 0 Å². The lowest BCUT2D eigenvalue weighted by Gasteiger charge is -2.22. The van der Waals surface area contributed by atoms with Crippen molar-refractivity contribution >= 4 is 23.7 Å². The molecule has 0 aliphatic rings. The van der Waals surface area contributed by atoms with E-state index in [0.717, 1.165) is 0 Å². The fraction of sp³-hybridized carbons (Fsp3) is 0.625. The number of carbonyl (C=O) groups is 2. The van der Waals surface area contributed by atoms with E-state index in [0.29, 0.717) is 5.16 Å². The SMILES string of the molecule is CCOC(=O)COc1nc(SC)nc(OC(C)(C)C)c1C(=O)OCC. The molecule has 25 heavy (non-hydrogen) atoms. The number of nitrogens with zero attached hydrogens (tertiary/aromatic N) is 2. The summed E-state index contributed by atoms with van der Waals surface area (Å²) < 4.78 is 21.0. The van der Waals surface area contributed by atoms with Gasteiger partial charge in [0.2, 0.25) is 11.8 Å². The first-order chi connectivity index (χ1) is 11.7. The van der Waals surface area contributed by atoms with Gasteiger partial charge < -0.3 is 18.9 Å². The topological polar surface area (TPSA) is 96.8 Å². The van der Waals surface area contributed by atoms with E-state index in [1.807, 2.05) is 20.8 Å². The molecule has 0 N–H and O–H groups in total. The van der Waals surface area contributed by atoms with Crippen LogP contribution in [0.4, 0.5) is 0 Å². The summed E-state index contributed by atoms with van der Waals surface area (Å²) in [5.74, 6) is -1.29. The fourth-order valence-corrected chi connectivity index (χ4v) is 2.02. The summed E-state index contributed by atoms with van der Waals surface area (Å²) in [5.41, 5.74) is -0.664. The molecule has 8 nitrogen and oxygen atoms in total. The molecule has 0 aromatic carbocycles. The number of thioether (sulfide) groups is 1. The zero-order valence-corrected chi connectivity index (χ0v) is 16.2. The number of ether oxygens (including phenoxy) is 4. The molecule has 1 heterocycles. The molecule has 0 amide bonds. The fourth-order valence-electron chi connectivity index (χ4n) is 1.67. The normalized spacial score (nSPS) is 11.0. The van der Waals surface area contributed by atoms with Gasteiger partial charge in [0.05, 0.1) is 13.2 Å². The maximum Gasteiger partial charge on any atom is 0.349 e. The van der Waals surface area contributed by atoms with Gasteiger partial charge in [-0.15, -0.1) is 0 Å². The van der Waals surface area contributed by atoms with Crippen LogP contribution in [0, 0.1) is 0 Å². The van der Waals surface area contributed by atoms with Crippen LogP contribution in [0.3, 0.4) is 0 Å². The summed E-state index contributed by atoms with van der Waals surface area (Å²) >= 11 is 1.25. The molecule has 0 bridgehead atoms. The molecule has 1 aromatic heterocycles. The van der Waals surface area contributed by atoms with Gasteiger partial charge in [-0.25, -0.2) is 9.59 Å². The highest BCUT2D eigenvalue weighted by Gasteiger charge is 2.28. The van der Waals surface area contributed by atoms with E-state index in [1.54, 1.807) is 20.1 Å². The second kappa shape index (κ2) is 9.45. The molecule has 0 aliphatic heterocycles. The number of esters is 2. The predicted octanol–water partition coefficient (Wildman–Crippen LogP) is 2.49. The minimum absolute atomic E-state index is 0.0455. The van der Waals surface area contributed by atoms with Crippen LogP contribution in [0.2, 0.25) is 0 Å². The Hall–Kier alpha value is -2.03. The lowest BCUT2D eigenvalue weighted by molar-refractivity contribution is -0.145. The van der Waals surface area contributed by atoms with E-state index in [4.69, 9.17) is 18.9 Å². The number of hydrogen-bond acceptors (Lipinski definition) is 9. The van der Waals surface area contributed by atoms with E-state index in [2.05, 4.69) is 9.97 Å². The van der Waals surface area contributed by atoms with Crippen molar-refractivity contribution < 1.29 is 28.5 Å². The van der Waals surface area contributed by atoms with Gasteiger partial charge in [-0.3, -0.25) is 0 Å². The number of rotatable bonds is 8. The van der Waals surface area contributed by atoms with Crippen molar-refractivity contribution in [3.63, 3.8) is 0 Å². The van der Waals surface area contributed by atoms with Crippen molar-refractivity contribution in [3.8, 4) is 11.8 Å². The van der Waals surface area contributed by atoms with E-state index in [-0.39, 0.29) is 37.1 Å². The smallest absolute Gasteiger partial charge is 0.349 e. The number of aromatic nitrogens is 2. The highest BCUT2D eigenvalue weighted by molar-refractivity contribution is 7.98. The maximum absolute atomic E-state index is 12.4. The van der Waals surface area contributed by atoms with Crippen LogP contribution in [-0.2, 0) is 14.3 Å². The van der Waals surface area contributed by atoms with Crippen LogP contribution in [0.1, 0.15) is 45.0 Å². The molecule has 0 unspecified atom stereocenters. The highest BCUT2D eigenvalue weighted by Crippen LogP contribution is 2.31. The van der Waals surface area contributed by atoms with Gasteiger partial charge >= 0.3 is 11.9 Å². The standard InChI is InChI=1S/C16H24N2O6S/c1-7-21-10(19)9-23-12-11(14(20)22-8-2)13(24-16(3,4)5)18-15(17-12)25-6/h7-9H2,1-6H3. The monoisotopic (exact) mass is 372 g/mol. The van der Waals surface area contributed by atoms with Crippen molar-refractivity contribution in [2.24, 2.45) is 0 Å². The van der Waals surface area contributed by atoms with E-state index < -0.39 is 17.5 Å². The summed E-state index contributed by atoms with van der Waals surface area (Å²) in [4.78, 5) is 32.3. The zero-order valence-electron chi connectivity index (χ0n) is 15.4. The zero-order chi connectivity index (χ0) is 19.0. The Bertz CT molecular complexity index is 615. The quantitative estimate of drug-likeness (QED) is 0.387. The van der Waals surface area contributed by atoms with Crippen molar-refractivity contribution in [2.45, 2.75) is 45.4 Å². The van der Waals surface area contributed by atoms with Gasteiger partial charge in [0.25, 0.3) is 0 Å². The second-order valence-electron chi connectivity index (χ2n) is 5.72. The molecule has 1 aromatic rings. The molecule has 0 atom stereocenters. The highest BCUT2D eigenvalue weighted by atomic mass is 32.2. The molecule has 0 radical (unpaired) electrons. The predicted molar refractivity (Wildman–Crippen MR) is 92.3 cm³/mol. The Kier molecular flexibility index (Phi) is 7.95. The van der Waals surface area contributed by atoms with Gasteiger partial charge in [0.1, 0.15) is 5.60 Å². The summed E-state index contributed by atoms with van der Waals surface area (Å²) in [6, 6.07) is 0. The van der Waals surface area contributed by atoms with Crippen LogP contribution in [0.25, 0.3) is 0 Å². The van der Waals surface area contributed by atoms with Crippen molar-refractivity contribution in [1.82, 2.24) is 9.97 Å². The number of hydrogen-bond donors (Lipinski definition) is 0. The second-order valence-corrected chi connectivity index (χ2v) is 6.50. The van der Waals surface area contributed by atoms with Gasteiger partial charge in [-0.1, -0.05) is 11.8 Å². The molecule has 0 spiro atoms. The molecule has 9 heteroatoms. The lowest BCUT2D eigenvalue weighted by Crippen LogP contribution is -2.26. The molecule has 1 rings (SSSR count). The Balaban J connectivity index is 3.31. The minimum Gasteiger partial charge on any atom is -0.471 e. The molecule has 0 saturated heterocycles. The van der Waals surface area contributed by atoms with E-state index in [1.165, 1.54) is 11.8 Å². The van der Waals surface area contributed by atoms with Crippen LogP contribution in [0.5, 0.6) is 11.8 Å². The van der Waals surface area contributed by atoms with Gasteiger partial charge in [0.15, 0.2) is 17.3 Å². The first-order valence-electron chi connectivity index (χ1n) is 7.82. The van der Waals surface area contributed by atoms with Crippen LogP contribution < -0.4 is 9.47 Å². The Morgan fingerprint density at radius 1 is 1.04 bits per heavy atom. The Labute approximate surface area is 151 Å². The number of carbonyl (C=O) groups excluding carboxylic acids is 2. The average Bonchev–Trinajstić information content (AvgIpc) is 2.51. The van der Waals surface area contributed by atoms with E-state index >= 15 is 0 Å². The first-order valence-corrected chi connectivity index (χ1v) is 9.04. The Morgan fingerprint density at radius 2 is 1.64 bits per heavy atom. The summed E-state index contributed by atoms with van der Waals surface area (Å²) in [6.07, 6.45) is 1.77. The van der Waals surface area contributed by atoms with Crippen LogP contribution in [-0.4, -0.2) is 53.6 Å². The third-order valence-electron chi connectivity index (χ3n) is 2.52. The summed E-state index contributed by atoms with van der Waals surface area (Å²) in [6.45, 7) is 8.83. The molecular formula is C16H24N2O6S. The largest absolute Gasteiger partial charge is 0.471 e. The minimum atomic E-state index is -0.687. The van der Waals surface area contributed by atoms with E-state index in [9.17, 15) is 9.59 Å². The molecule has 0 saturated carbocycles. The summed E-state index contributed by atoms with van der Waals surface area (Å²) in [5, 5.41) is 0.339. The van der Waals surface area contributed by atoms with Gasteiger partial charge in [-0.05, 0) is 40.9 Å². The van der Waals surface area contributed by atoms with Crippen LogP contribution in [0.15, 0.2) is 5.16 Å².